The maximum Gasteiger partial charge on any atom is 0.422 e. The average molecular weight is 710 g/mol. The predicted molar refractivity (Wildman–Crippen MR) is 174 cm³/mol. The predicted octanol–water partition coefficient (Wildman–Crippen LogP) is 5.14. The zero-order valence-corrected chi connectivity index (χ0v) is 27.1. The summed E-state index contributed by atoms with van der Waals surface area (Å²) in [5, 5.41) is 13.7. The van der Waals surface area contributed by atoms with Gasteiger partial charge in [0.25, 0.3) is 5.91 Å². The first-order chi connectivity index (χ1) is 22.3. The van der Waals surface area contributed by atoms with Gasteiger partial charge in [-0.2, -0.15) is 28.1 Å². The maximum atomic E-state index is 13.3. The summed E-state index contributed by atoms with van der Waals surface area (Å²) in [4.78, 5) is 27.5. The van der Waals surface area contributed by atoms with Crippen LogP contribution in [0, 0.1) is 0 Å². The lowest BCUT2D eigenvalue weighted by Gasteiger charge is -2.24. The van der Waals surface area contributed by atoms with E-state index in [0.29, 0.717) is 37.5 Å². The fraction of sp³-hybridized carbons (Fsp3) is 0.484. The van der Waals surface area contributed by atoms with Crippen molar-refractivity contribution in [3.05, 3.63) is 59.7 Å². The van der Waals surface area contributed by atoms with Crippen LogP contribution in [0.3, 0.4) is 0 Å². The number of amides is 1. The largest absolute Gasteiger partial charge is 0.494 e. The van der Waals surface area contributed by atoms with Crippen LogP contribution in [0.1, 0.15) is 41.6 Å². The van der Waals surface area contributed by atoms with Gasteiger partial charge >= 0.3 is 12.2 Å². The third kappa shape index (κ3) is 12.6. The SMILES string of the molecule is O=C(c1ccc(Nc2nc(NCc3ccc(OCCCBr)cc3)nc(OCC(F)(F)F)n2)cc1)N1CCCNCCCNCCC1. The smallest absolute Gasteiger partial charge is 0.422 e. The van der Waals surface area contributed by atoms with Gasteiger partial charge in [0.2, 0.25) is 11.9 Å². The molecule has 0 radical (unpaired) electrons. The van der Waals surface area contributed by atoms with E-state index in [1.54, 1.807) is 24.3 Å². The van der Waals surface area contributed by atoms with Crippen molar-refractivity contribution < 1.29 is 27.4 Å². The quantitative estimate of drug-likeness (QED) is 0.149. The molecule has 3 aromatic rings. The van der Waals surface area contributed by atoms with Crippen molar-refractivity contribution in [2.24, 2.45) is 0 Å². The molecule has 0 saturated carbocycles. The van der Waals surface area contributed by atoms with Gasteiger partial charge in [-0.1, -0.05) is 28.1 Å². The summed E-state index contributed by atoms with van der Waals surface area (Å²) >= 11 is 3.37. The van der Waals surface area contributed by atoms with Gasteiger partial charge in [-0.15, -0.1) is 0 Å². The number of carbonyl (C=O) groups is 1. The van der Waals surface area contributed by atoms with Crippen LogP contribution in [0.4, 0.5) is 30.8 Å². The number of aromatic nitrogens is 3. The number of anilines is 3. The van der Waals surface area contributed by atoms with Crippen LogP contribution < -0.4 is 30.7 Å². The van der Waals surface area contributed by atoms with Crippen molar-refractivity contribution in [3.8, 4) is 11.8 Å². The summed E-state index contributed by atoms with van der Waals surface area (Å²) in [6, 6.07) is 13.7. The van der Waals surface area contributed by atoms with Crippen LogP contribution in [0.2, 0.25) is 0 Å². The van der Waals surface area contributed by atoms with Crippen LogP contribution in [0.25, 0.3) is 0 Å². The van der Waals surface area contributed by atoms with Crippen molar-refractivity contribution in [2.75, 3.05) is 68.4 Å². The fourth-order valence-electron chi connectivity index (χ4n) is 4.53. The molecule has 0 bridgehead atoms. The van der Waals surface area contributed by atoms with Crippen LogP contribution in [0.15, 0.2) is 48.5 Å². The molecule has 0 unspecified atom stereocenters. The van der Waals surface area contributed by atoms with E-state index < -0.39 is 18.8 Å². The number of rotatable bonds is 12. The highest BCUT2D eigenvalue weighted by Crippen LogP contribution is 2.21. The van der Waals surface area contributed by atoms with Crippen molar-refractivity contribution in [1.29, 1.82) is 0 Å². The highest BCUT2D eigenvalue weighted by Gasteiger charge is 2.29. The minimum Gasteiger partial charge on any atom is -0.494 e. The molecule has 1 aromatic heterocycles. The molecule has 1 amide bonds. The number of carbonyl (C=O) groups excluding carboxylic acids is 1. The summed E-state index contributed by atoms with van der Waals surface area (Å²) in [6.45, 7) is 4.25. The second-order valence-corrected chi connectivity index (χ2v) is 11.4. The highest BCUT2D eigenvalue weighted by molar-refractivity contribution is 9.09. The Bertz CT molecular complexity index is 1340. The van der Waals surface area contributed by atoms with Gasteiger partial charge in [-0.05, 0) is 93.8 Å². The first-order valence-corrected chi connectivity index (χ1v) is 16.5. The zero-order valence-electron chi connectivity index (χ0n) is 25.5. The monoisotopic (exact) mass is 708 g/mol. The van der Waals surface area contributed by atoms with Gasteiger partial charge in [0.15, 0.2) is 6.61 Å². The maximum absolute atomic E-state index is 13.3. The van der Waals surface area contributed by atoms with Crippen LogP contribution in [-0.4, -0.2) is 89.7 Å². The van der Waals surface area contributed by atoms with E-state index in [2.05, 4.69) is 52.1 Å². The van der Waals surface area contributed by atoms with E-state index in [0.717, 1.165) is 68.5 Å². The van der Waals surface area contributed by atoms with Gasteiger partial charge in [-0.3, -0.25) is 4.79 Å². The molecule has 1 aliphatic rings. The van der Waals surface area contributed by atoms with Crippen LogP contribution >= 0.6 is 15.9 Å². The van der Waals surface area contributed by atoms with E-state index in [1.807, 2.05) is 29.2 Å². The molecule has 46 heavy (non-hydrogen) atoms. The van der Waals surface area contributed by atoms with Crippen LogP contribution in [-0.2, 0) is 6.54 Å². The number of hydrogen-bond acceptors (Lipinski definition) is 10. The molecule has 1 saturated heterocycles. The Kier molecular flexibility index (Phi) is 14.1. The Labute approximate surface area is 275 Å². The Morgan fingerprint density at radius 2 is 1.52 bits per heavy atom. The van der Waals surface area contributed by atoms with E-state index >= 15 is 0 Å². The first kappa shape index (κ1) is 35.2. The molecular formula is C31H40BrF3N8O3. The Hall–Kier alpha value is -3.69. The number of nitrogens with one attached hydrogen (secondary N) is 4. The summed E-state index contributed by atoms with van der Waals surface area (Å²) in [6.07, 6.45) is -0.870. The Morgan fingerprint density at radius 3 is 2.17 bits per heavy atom. The molecule has 250 valence electrons. The van der Waals surface area contributed by atoms with E-state index in [1.165, 1.54) is 0 Å². The minimum atomic E-state index is -4.56. The van der Waals surface area contributed by atoms with Gasteiger partial charge in [0.1, 0.15) is 5.75 Å². The molecule has 15 heteroatoms. The molecule has 0 atom stereocenters. The normalized spacial score (nSPS) is 14.9. The number of hydrogen-bond donors (Lipinski definition) is 4. The molecule has 2 aromatic carbocycles. The third-order valence-corrected chi connectivity index (χ3v) is 7.41. The lowest BCUT2D eigenvalue weighted by Crippen LogP contribution is -2.36. The lowest BCUT2D eigenvalue weighted by molar-refractivity contribution is -0.154. The second kappa shape index (κ2) is 18.5. The van der Waals surface area contributed by atoms with Gasteiger partial charge in [0, 0.05) is 36.2 Å². The molecule has 1 fully saturated rings. The number of alkyl halides is 4. The average Bonchev–Trinajstić information content (AvgIpc) is 3.03. The lowest BCUT2D eigenvalue weighted by atomic mass is 10.1. The minimum absolute atomic E-state index is 0.0210. The fourth-order valence-corrected chi connectivity index (χ4v) is 4.76. The second-order valence-electron chi connectivity index (χ2n) is 10.6. The van der Waals surface area contributed by atoms with Crippen molar-refractivity contribution in [1.82, 2.24) is 30.5 Å². The number of benzene rings is 2. The van der Waals surface area contributed by atoms with Gasteiger partial charge in [-0.25, -0.2) is 0 Å². The Balaban J connectivity index is 1.41. The molecule has 1 aliphatic heterocycles. The number of halogens is 4. The molecule has 0 spiro atoms. The number of nitrogens with zero attached hydrogens (tertiary/aromatic N) is 4. The molecule has 4 N–H and O–H groups in total. The van der Waals surface area contributed by atoms with E-state index in [9.17, 15) is 18.0 Å². The summed E-state index contributed by atoms with van der Waals surface area (Å²) in [7, 11) is 0. The topological polar surface area (TPSA) is 126 Å². The van der Waals surface area contributed by atoms with E-state index in [-0.39, 0.29) is 17.8 Å². The third-order valence-electron chi connectivity index (χ3n) is 6.85. The zero-order chi connectivity index (χ0) is 32.6. The highest BCUT2D eigenvalue weighted by atomic mass is 79.9. The van der Waals surface area contributed by atoms with Crippen molar-refractivity contribution >= 4 is 39.4 Å². The van der Waals surface area contributed by atoms with Crippen LogP contribution in [0.5, 0.6) is 11.8 Å². The Morgan fingerprint density at radius 1 is 0.870 bits per heavy atom. The standard InChI is InChI=1S/C31H40BrF3N8O3/c32-13-1-20-45-26-11-5-23(6-12-26)21-38-28-40-29(42-30(41-28)46-22-31(33,34)35)39-25-9-7-24(8-10-25)27(44)43-18-3-16-36-14-2-15-37-17-4-19-43/h5-12,36-37H,1-4,13-22H2,(H2,38,39,40,41,42). The molecule has 2 heterocycles. The first-order valence-electron chi connectivity index (χ1n) is 15.3. The van der Waals surface area contributed by atoms with Crippen molar-refractivity contribution in [3.63, 3.8) is 0 Å². The molecular weight excluding hydrogens is 669 g/mol. The summed E-state index contributed by atoms with van der Waals surface area (Å²) in [5.41, 5.74) is 1.95. The summed E-state index contributed by atoms with van der Waals surface area (Å²) < 4.78 is 49.1. The summed E-state index contributed by atoms with van der Waals surface area (Å²) in [5.74, 6) is 0.683. The molecule has 0 aliphatic carbocycles. The number of ether oxygens (including phenoxy) is 2. The van der Waals surface area contributed by atoms with Crippen molar-refractivity contribution in [2.45, 2.75) is 38.4 Å². The van der Waals surface area contributed by atoms with E-state index in [4.69, 9.17) is 9.47 Å². The molecule has 11 nitrogen and oxygen atoms in total. The van der Waals surface area contributed by atoms with Gasteiger partial charge < -0.3 is 35.6 Å². The van der Waals surface area contributed by atoms with Gasteiger partial charge in [0.05, 0.1) is 6.61 Å². The molecule has 4 rings (SSSR count).